The molecule has 1 N–H and O–H groups in total. The zero-order valence-corrected chi connectivity index (χ0v) is 15.1. The first-order chi connectivity index (χ1) is 12.7. The van der Waals surface area contributed by atoms with Gasteiger partial charge in [-0.05, 0) is 37.0 Å². The maximum Gasteiger partial charge on any atom is 0.230 e. The van der Waals surface area contributed by atoms with Crippen molar-refractivity contribution in [2.45, 2.75) is 38.1 Å². The molecule has 5 nitrogen and oxygen atoms in total. The molecule has 1 amide bonds. The van der Waals surface area contributed by atoms with Crippen molar-refractivity contribution in [3.63, 3.8) is 0 Å². The van der Waals surface area contributed by atoms with Gasteiger partial charge in [-0.2, -0.15) is 5.26 Å². The lowest BCUT2D eigenvalue weighted by molar-refractivity contribution is -0.133. The van der Waals surface area contributed by atoms with E-state index in [-0.39, 0.29) is 17.9 Å². The number of nitrogens with zero attached hydrogens (tertiary/aromatic N) is 3. The van der Waals surface area contributed by atoms with Gasteiger partial charge in [-0.25, -0.2) is 4.98 Å². The molecule has 1 aliphatic rings. The number of likely N-dealkylation sites (tertiary alicyclic amines) is 1. The molecule has 1 aromatic carbocycles. The first kappa shape index (κ1) is 17.9. The Balaban J connectivity index is 1.59. The van der Waals surface area contributed by atoms with Crippen LogP contribution < -0.4 is 5.32 Å². The van der Waals surface area contributed by atoms with Crippen molar-refractivity contribution in [3.8, 4) is 6.07 Å². The van der Waals surface area contributed by atoms with Crippen LogP contribution in [0.3, 0.4) is 0 Å². The molecule has 1 aliphatic heterocycles. The van der Waals surface area contributed by atoms with Gasteiger partial charge in [0.2, 0.25) is 5.91 Å². The first-order valence-electron chi connectivity index (χ1n) is 9.18. The maximum atomic E-state index is 12.9. The monoisotopic (exact) mass is 348 g/mol. The summed E-state index contributed by atoms with van der Waals surface area (Å²) in [6, 6.07) is 15.9. The molecule has 1 aromatic heterocycles. The Morgan fingerprint density at radius 2 is 2.00 bits per heavy atom. The molecule has 2 heterocycles. The number of aromatic nitrogens is 1. The number of carbonyl (C=O) groups excluding carboxylic acids is 1. The molecule has 2 aromatic rings. The number of piperidine rings is 1. The SMILES string of the molecule is CC[C@@H](C(=O)N1CCC(Nc2ncccc2C#N)CC1)c1ccccc1. The molecule has 1 fully saturated rings. The Morgan fingerprint density at radius 3 is 2.65 bits per heavy atom. The first-order valence-corrected chi connectivity index (χ1v) is 9.18. The van der Waals surface area contributed by atoms with Crippen LogP contribution >= 0.6 is 0 Å². The van der Waals surface area contributed by atoms with E-state index in [9.17, 15) is 10.1 Å². The number of hydrogen-bond donors (Lipinski definition) is 1. The molecule has 5 heteroatoms. The number of amides is 1. The van der Waals surface area contributed by atoms with Gasteiger partial charge in [0.25, 0.3) is 0 Å². The van der Waals surface area contributed by atoms with E-state index < -0.39 is 0 Å². The molecular formula is C21H24N4O. The lowest BCUT2D eigenvalue weighted by Crippen LogP contribution is -2.44. The van der Waals surface area contributed by atoms with E-state index in [1.807, 2.05) is 35.2 Å². The number of nitriles is 1. The van der Waals surface area contributed by atoms with Gasteiger partial charge in [-0.15, -0.1) is 0 Å². The highest BCUT2D eigenvalue weighted by atomic mass is 16.2. The molecule has 0 aliphatic carbocycles. The van der Waals surface area contributed by atoms with Crippen molar-refractivity contribution < 1.29 is 4.79 Å². The molecule has 0 bridgehead atoms. The van der Waals surface area contributed by atoms with E-state index in [1.165, 1.54) is 0 Å². The van der Waals surface area contributed by atoms with Gasteiger partial charge in [0.1, 0.15) is 11.9 Å². The van der Waals surface area contributed by atoms with Crippen molar-refractivity contribution in [1.29, 1.82) is 5.26 Å². The van der Waals surface area contributed by atoms with Gasteiger partial charge >= 0.3 is 0 Å². The number of pyridine rings is 1. The Morgan fingerprint density at radius 1 is 1.27 bits per heavy atom. The Hall–Kier alpha value is -2.87. The summed E-state index contributed by atoms with van der Waals surface area (Å²) >= 11 is 0. The van der Waals surface area contributed by atoms with E-state index in [1.54, 1.807) is 18.3 Å². The predicted molar refractivity (Wildman–Crippen MR) is 102 cm³/mol. The fraction of sp³-hybridized carbons (Fsp3) is 0.381. The van der Waals surface area contributed by atoms with Crippen molar-refractivity contribution >= 4 is 11.7 Å². The van der Waals surface area contributed by atoms with Gasteiger partial charge in [-0.1, -0.05) is 37.3 Å². The summed E-state index contributed by atoms with van der Waals surface area (Å²) < 4.78 is 0. The quantitative estimate of drug-likeness (QED) is 0.897. The number of hydrogen-bond acceptors (Lipinski definition) is 4. The second-order valence-electron chi connectivity index (χ2n) is 6.63. The van der Waals surface area contributed by atoms with Crippen LogP contribution in [0.4, 0.5) is 5.82 Å². The second kappa shape index (κ2) is 8.48. The highest BCUT2D eigenvalue weighted by Gasteiger charge is 2.28. The smallest absolute Gasteiger partial charge is 0.230 e. The number of carbonyl (C=O) groups is 1. The normalized spacial score (nSPS) is 15.9. The lowest BCUT2D eigenvalue weighted by Gasteiger charge is -2.34. The average Bonchev–Trinajstić information content (AvgIpc) is 2.70. The minimum atomic E-state index is -0.0679. The highest BCUT2D eigenvalue weighted by Crippen LogP contribution is 2.25. The van der Waals surface area contributed by atoms with Crippen LogP contribution in [0.5, 0.6) is 0 Å². The van der Waals surface area contributed by atoms with Gasteiger partial charge in [-0.3, -0.25) is 4.79 Å². The standard InChI is InChI=1S/C21H24N4O/c1-2-19(16-7-4-3-5-8-16)21(26)25-13-10-18(11-14-25)24-20-17(15-22)9-6-12-23-20/h3-9,12,18-19H,2,10-11,13-14H2,1H3,(H,23,24)/t19-/m1/s1. The molecule has 3 rings (SSSR count). The summed E-state index contributed by atoms with van der Waals surface area (Å²) in [7, 11) is 0. The van der Waals surface area contributed by atoms with Crippen LogP contribution in [0.2, 0.25) is 0 Å². The topological polar surface area (TPSA) is 69.0 Å². The zero-order chi connectivity index (χ0) is 18.4. The van der Waals surface area contributed by atoms with Gasteiger partial charge in [0.05, 0.1) is 11.5 Å². The molecule has 0 spiro atoms. The van der Waals surface area contributed by atoms with Crippen LogP contribution in [-0.4, -0.2) is 34.9 Å². The Labute approximate surface area is 154 Å². The van der Waals surface area contributed by atoms with Gasteiger partial charge in [0, 0.05) is 25.3 Å². The van der Waals surface area contributed by atoms with Crippen LogP contribution in [0.15, 0.2) is 48.7 Å². The molecule has 26 heavy (non-hydrogen) atoms. The van der Waals surface area contributed by atoms with Gasteiger partial charge in [0.15, 0.2) is 0 Å². The molecule has 134 valence electrons. The van der Waals surface area contributed by atoms with E-state index in [4.69, 9.17) is 0 Å². The fourth-order valence-corrected chi connectivity index (χ4v) is 3.51. The van der Waals surface area contributed by atoms with Crippen LogP contribution in [0.25, 0.3) is 0 Å². The van der Waals surface area contributed by atoms with Crippen LogP contribution in [-0.2, 0) is 4.79 Å². The third kappa shape index (κ3) is 4.02. The predicted octanol–water partition coefficient (Wildman–Crippen LogP) is 3.55. The van der Waals surface area contributed by atoms with Crippen molar-refractivity contribution in [2.24, 2.45) is 0 Å². The number of rotatable bonds is 5. The summed E-state index contributed by atoms with van der Waals surface area (Å²) in [5.41, 5.74) is 1.65. The van der Waals surface area contributed by atoms with E-state index >= 15 is 0 Å². The fourth-order valence-electron chi connectivity index (χ4n) is 3.51. The van der Waals surface area contributed by atoms with Crippen LogP contribution in [0, 0.1) is 11.3 Å². The van der Waals surface area contributed by atoms with Crippen LogP contribution in [0.1, 0.15) is 43.2 Å². The largest absolute Gasteiger partial charge is 0.366 e. The van der Waals surface area contributed by atoms with E-state index in [0.29, 0.717) is 11.4 Å². The molecule has 1 atom stereocenters. The van der Waals surface area contributed by atoms with Crippen molar-refractivity contribution in [2.75, 3.05) is 18.4 Å². The highest BCUT2D eigenvalue weighted by molar-refractivity contribution is 5.83. The van der Waals surface area contributed by atoms with Crippen molar-refractivity contribution in [3.05, 3.63) is 59.8 Å². The summed E-state index contributed by atoms with van der Waals surface area (Å²) in [5, 5.41) is 12.5. The molecule has 0 unspecified atom stereocenters. The molecule has 0 saturated carbocycles. The number of benzene rings is 1. The molecule has 0 radical (unpaired) electrons. The van der Waals surface area contributed by atoms with Crippen molar-refractivity contribution in [1.82, 2.24) is 9.88 Å². The summed E-state index contributed by atoms with van der Waals surface area (Å²) in [6.07, 6.45) is 4.21. The summed E-state index contributed by atoms with van der Waals surface area (Å²) in [5.74, 6) is 0.782. The third-order valence-corrected chi connectivity index (χ3v) is 4.98. The Kier molecular flexibility index (Phi) is 5.85. The Bertz CT molecular complexity index is 776. The number of anilines is 1. The third-order valence-electron chi connectivity index (χ3n) is 4.98. The average molecular weight is 348 g/mol. The summed E-state index contributed by atoms with van der Waals surface area (Å²) in [6.45, 7) is 3.53. The minimum absolute atomic E-state index is 0.0679. The maximum absolute atomic E-state index is 12.9. The second-order valence-corrected chi connectivity index (χ2v) is 6.63. The van der Waals surface area contributed by atoms with Gasteiger partial charge < -0.3 is 10.2 Å². The van der Waals surface area contributed by atoms with E-state index in [2.05, 4.69) is 23.3 Å². The zero-order valence-electron chi connectivity index (χ0n) is 15.1. The molecule has 1 saturated heterocycles. The summed E-state index contributed by atoms with van der Waals surface area (Å²) in [4.78, 5) is 19.2. The van der Waals surface area contributed by atoms with E-state index in [0.717, 1.165) is 37.9 Å². The number of nitrogens with one attached hydrogen (secondary N) is 1. The molecular weight excluding hydrogens is 324 g/mol. The minimum Gasteiger partial charge on any atom is -0.366 e. The lowest BCUT2D eigenvalue weighted by atomic mass is 9.93.